The molecular formula is C19H21N3O4S. The zero-order valence-electron chi connectivity index (χ0n) is 15.0. The van der Waals surface area contributed by atoms with E-state index in [1.165, 1.54) is 12.1 Å². The minimum Gasteiger partial charge on any atom is -0.463 e. The van der Waals surface area contributed by atoms with Crippen molar-refractivity contribution in [1.29, 1.82) is 0 Å². The van der Waals surface area contributed by atoms with Crippen LogP contribution in [0.25, 0.3) is 11.5 Å². The number of carbonyl (C=O) groups is 1. The highest BCUT2D eigenvalue weighted by Crippen LogP contribution is 2.18. The van der Waals surface area contributed by atoms with Gasteiger partial charge in [0, 0.05) is 32.6 Å². The van der Waals surface area contributed by atoms with E-state index in [0.29, 0.717) is 18.7 Å². The van der Waals surface area contributed by atoms with E-state index in [1.54, 1.807) is 30.5 Å². The van der Waals surface area contributed by atoms with Gasteiger partial charge in [0.2, 0.25) is 5.91 Å². The van der Waals surface area contributed by atoms with Crippen LogP contribution in [-0.2, 0) is 28.1 Å². The van der Waals surface area contributed by atoms with Crippen LogP contribution in [0.15, 0.2) is 64.2 Å². The maximum atomic E-state index is 12.2. The molecule has 7 nitrogen and oxygen atoms in total. The lowest BCUT2D eigenvalue weighted by atomic mass is 10.3. The first kappa shape index (κ1) is 18.9. The molecule has 2 aromatic heterocycles. The molecule has 0 bridgehead atoms. The molecule has 27 heavy (non-hydrogen) atoms. The lowest BCUT2D eigenvalue weighted by Gasteiger charge is -2.06. The van der Waals surface area contributed by atoms with Gasteiger partial charge in [-0.05, 0) is 24.3 Å². The molecule has 0 saturated heterocycles. The Morgan fingerprint density at radius 2 is 1.96 bits per heavy atom. The van der Waals surface area contributed by atoms with Gasteiger partial charge in [0.25, 0.3) is 0 Å². The third-order valence-electron chi connectivity index (χ3n) is 4.12. The number of sulfone groups is 1. The number of nitrogens with one attached hydrogen (secondary N) is 1. The Hall–Kier alpha value is -2.87. The number of hydrogen-bond donors (Lipinski definition) is 1. The second-order valence-electron chi connectivity index (χ2n) is 6.11. The molecule has 3 rings (SSSR count). The summed E-state index contributed by atoms with van der Waals surface area (Å²) in [6.07, 6.45) is 3.92. The number of amides is 1. The van der Waals surface area contributed by atoms with Gasteiger partial charge in [0.05, 0.1) is 16.9 Å². The zero-order valence-corrected chi connectivity index (χ0v) is 15.8. The van der Waals surface area contributed by atoms with Crippen LogP contribution >= 0.6 is 0 Å². The maximum Gasteiger partial charge on any atom is 0.221 e. The largest absolute Gasteiger partial charge is 0.463 e. The fourth-order valence-electron chi connectivity index (χ4n) is 2.65. The highest BCUT2D eigenvalue weighted by molar-refractivity contribution is 7.91. The minimum atomic E-state index is -3.45. The molecule has 0 unspecified atom stereocenters. The van der Waals surface area contributed by atoms with Gasteiger partial charge in [-0.25, -0.2) is 13.4 Å². The Bertz CT molecular complexity index is 993. The van der Waals surface area contributed by atoms with Crippen LogP contribution in [-0.4, -0.2) is 36.2 Å². The number of carbonyl (C=O) groups excluding carboxylic acids is 1. The summed E-state index contributed by atoms with van der Waals surface area (Å²) >= 11 is 0. The van der Waals surface area contributed by atoms with Crippen LogP contribution < -0.4 is 5.32 Å². The molecule has 0 atom stereocenters. The summed E-state index contributed by atoms with van der Waals surface area (Å²) in [5.41, 5.74) is 0.734. The Kier molecular flexibility index (Phi) is 5.75. The van der Waals surface area contributed by atoms with Gasteiger partial charge < -0.3 is 14.3 Å². The summed E-state index contributed by atoms with van der Waals surface area (Å²) in [5, 5.41) is 2.75. The molecule has 1 N–H and O–H groups in total. The number of furan rings is 1. The summed E-state index contributed by atoms with van der Waals surface area (Å²) in [7, 11) is -1.57. The highest BCUT2D eigenvalue weighted by Gasteiger charge is 2.16. The number of aryl methyl sites for hydroxylation is 1. The number of imidazole rings is 1. The van der Waals surface area contributed by atoms with Gasteiger partial charge in [-0.3, -0.25) is 4.79 Å². The first-order chi connectivity index (χ1) is 13.0. The van der Waals surface area contributed by atoms with Gasteiger partial charge in [-0.2, -0.15) is 0 Å². The number of rotatable bonds is 8. The number of nitrogens with zero attached hydrogens (tertiary/aromatic N) is 2. The molecule has 0 fully saturated rings. The van der Waals surface area contributed by atoms with Crippen LogP contribution in [0.2, 0.25) is 0 Å². The summed E-state index contributed by atoms with van der Waals surface area (Å²) < 4.78 is 31.6. The van der Waals surface area contributed by atoms with Gasteiger partial charge in [0.1, 0.15) is 11.5 Å². The molecule has 2 heterocycles. The third-order valence-corrected chi connectivity index (χ3v) is 5.85. The first-order valence-electron chi connectivity index (χ1n) is 8.56. The fourth-order valence-corrected chi connectivity index (χ4v) is 3.92. The van der Waals surface area contributed by atoms with Crippen molar-refractivity contribution >= 4 is 15.7 Å². The molecule has 0 aliphatic heterocycles. The number of hydrogen-bond acceptors (Lipinski definition) is 5. The van der Waals surface area contributed by atoms with Crippen LogP contribution in [0.1, 0.15) is 12.2 Å². The van der Waals surface area contributed by atoms with Crippen LogP contribution in [0.4, 0.5) is 0 Å². The number of benzene rings is 1. The van der Waals surface area contributed by atoms with E-state index < -0.39 is 9.84 Å². The molecule has 1 aromatic carbocycles. The topological polar surface area (TPSA) is 94.2 Å². The van der Waals surface area contributed by atoms with E-state index >= 15 is 0 Å². The van der Waals surface area contributed by atoms with E-state index in [2.05, 4.69) is 10.3 Å². The molecule has 0 spiro atoms. The van der Waals surface area contributed by atoms with Gasteiger partial charge >= 0.3 is 0 Å². The second-order valence-corrected chi connectivity index (χ2v) is 8.22. The number of aromatic nitrogens is 2. The van der Waals surface area contributed by atoms with E-state index in [1.807, 2.05) is 23.9 Å². The predicted octanol–water partition coefficient (Wildman–Crippen LogP) is 2.20. The normalized spacial score (nSPS) is 11.4. The van der Waals surface area contributed by atoms with Crippen LogP contribution in [0.5, 0.6) is 0 Å². The van der Waals surface area contributed by atoms with Crippen molar-refractivity contribution in [2.45, 2.75) is 17.7 Å². The molecule has 1 amide bonds. The molecule has 8 heteroatoms. The lowest BCUT2D eigenvalue weighted by molar-refractivity contribution is -0.120. The van der Waals surface area contributed by atoms with Crippen molar-refractivity contribution in [1.82, 2.24) is 14.9 Å². The summed E-state index contributed by atoms with van der Waals surface area (Å²) in [5.74, 6) is 0.981. The monoisotopic (exact) mass is 387 g/mol. The Morgan fingerprint density at radius 1 is 1.19 bits per heavy atom. The molecule has 0 aliphatic rings. The first-order valence-corrected chi connectivity index (χ1v) is 10.2. The molecular weight excluding hydrogens is 366 g/mol. The standard InChI is InChI=1S/C19H21N3O4S/c1-22-14-16(17-8-5-12-26-17)21-18(22)9-11-20-19(23)10-13-27(24,25)15-6-3-2-4-7-15/h2-8,12,14H,9-11,13H2,1H3,(H,20,23). The second kappa shape index (κ2) is 8.22. The van der Waals surface area contributed by atoms with Crippen molar-refractivity contribution in [3.8, 4) is 11.5 Å². The van der Waals surface area contributed by atoms with Gasteiger partial charge in [-0.15, -0.1) is 0 Å². The van der Waals surface area contributed by atoms with Gasteiger partial charge in [-0.1, -0.05) is 18.2 Å². The Balaban J connectivity index is 1.48. The Labute approximate surface area is 158 Å². The molecule has 0 saturated carbocycles. The lowest BCUT2D eigenvalue weighted by Crippen LogP contribution is -2.28. The summed E-state index contributed by atoms with van der Waals surface area (Å²) in [6, 6.07) is 11.8. The van der Waals surface area contributed by atoms with Crippen molar-refractivity contribution in [3.05, 3.63) is 60.7 Å². The SMILES string of the molecule is Cn1cc(-c2ccco2)nc1CCNC(=O)CCS(=O)(=O)c1ccccc1. The van der Waals surface area contributed by atoms with E-state index in [9.17, 15) is 13.2 Å². The van der Waals surface area contributed by atoms with E-state index in [0.717, 1.165) is 11.5 Å². The smallest absolute Gasteiger partial charge is 0.221 e. The van der Waals surface area contributed by atoms with E-state index in [4.69, 9.17) is 4.42 Å². The van der Waals surface area contributed by atoms with Crippen LogP contribution in [0.3, 0.4) is 0 Å². The quantitative estimate of drug-likeness (QED) is 0.639. The van der Waals surface area contributed by atoms with Crippen molar-refractivity contribution in [2.75, 3.05) is 12.3 Å². The molecule has 142 valence electrons. The minimum absolute atomic E-state index is 0.0740. The van der Waals surface area contributed by atoms with E-state index in [-0.39, 0.29) is 23.0 Å². The molecule has 0 aliphatic carbocycles. The van der Waals surface area contributed by atoms with Crippen LogP contribution in [0, 0.1) is 0 Å². The summed E-state index contributed by atoms with van der Waals surface area (Å²) in [6.45, 7) is 0.382. The predicted molar refractivity (Wildman–Crippen MR) is 101 cm³/mol. The van der Waals surface area contributed by atoms with Crippen molar-refractivity contribution < 1.29 is 17.6 Å². The highest BCUT2D eigenvalue weighted by atomic mass is 32.2. The molecule has 0 radical (unpaired) electrons. The Morgan fingerprint density at radius 3 is 2.67 bits per heavy atom. The van der Waals surface area contributed by atoms with Gasteiger partial charge in [0.15, 0.2) is 15.6 Å². The third kappa shape index (κ3) is 4.85. The van der Waals surface area contributed by atoms with Crippen molar-refractivity contribution in [3.63, 3.8) is 0 Å². The molecule has 3 aromatic rings. The average Bonchev–Trinajstić information content (AvgIpc) is 3.31. The van der Waals surface area contributed by atoms with Crippen molar-refractivity contribution in [2.24, 2.45) is 7.05 Å². The zero-order chi connectivity index (χ0) is 19.3. The maximum absolute atomic E-state index is 12.2. The summed E-state index contributed by atoms with van der Waals surface area (Å²) in [4.78, 5) is 16.7. The average molecular weight is 387 g/mol. The fraction of sp³-hybridized carbons (Fsp3) is 0.263.